The van der Waals surface area contributed by atoms with Crippen molar-refractivity contribution in [2.45, 2.75) is 25.3 Å². The van der Waals surface area contributed by atoms with Gasteiger partial charge in [0, 0.05) is 19.6 Å². The Bertz CT molecular complexity index is 584. The Morgan fingerprint density at radius 2 is 2.21 bits per heavy atom. The molecule has 2 aromatic rings. The normalized spacial score (nSPS) is 17.9. The molecule has 1 saturated heterocycles. The highest BCUT2D eigenvalue weighted by Gasteiger charge is 2.40. The lowest BCUT2D eigenvalue weighted by molar-refractivity contribution is -0.0596. The Morgan fingerprint density at radius 3 is 2.84 bits per heavy atom. The number of aromatic nitrogens is 2. The zero-order valence-electron chi connectivity index (χ0n) is 11.8. The first-order valence-corrected chi connectivity index (χ1v) is 6.83. The number of imidazole rings is 1. The van der Waals surface area contributed by atoms with Crippen molar-refractivity contribution in [3.63, 3.8) is 0 Å². The van der Waals surface area contributed by atoms with Crippen molar-refractivity contribution in [3.8, 4) is 0 Å². The Hall–Kier alpha value is -1.39. The largest absolute Gasteiger partial charge is 0.379 e. The fourth-order valence-electron chi connectivity index (χ4n) is 2.58. The molecule has 0 saturated carbocycles. The highest BCUT2D eigenvalue weighted by molar-refractivity contribution is 5.76. The van der Waals surface area contributed by atoms with Crippen LogP contribution in [0.2, 0.25) is 0 Å². The molecule has 1 aromatic carbocycles. The first-order chi connectivity index (χ1) is 9.11. The predicted molar refractivity (Wildman–Crippen MR) is 76.3 cm³/mol. The smallest absolute Gasteiger partial charge is 0.0955 e. The summed E-state index contributed by atoms with van der Waals surface area (Å²) < 4.78 is 7.53. The van der Waals surface area contributed by atoms with E-state index in [2.05, 4.69) is 46.9 Å². The predicted octanol–water partition coefficient (Wildman–Crippen LogP) is 1.84. The van der Waals surface area contributed by atoms with E-state index in [0.717, 1.165) is 25.3 Å². The van der Waals surface area contributed by atoms with Crippen LogP contribution in [0.3, 0.4) is 0 Å². The summed E-state index contributed by atoms with van der Waals surface area (Å²) in [5.41, 5.74) is 3.69. The van der Waals surface area contributed by atoms with Crippen LogP contribution in [0, 0.1) is 0 Å². The number of nitrogens with zero attached hydrogens (tertiary/aromatic N) is 2. The summed E-state index contributed by atoms with van der Waals surface area (Å²) in [5.74, 6) is 0. The molecule has 4 heteroatoms. The molecule has 102 valence electrons. The number of fused-ring (bicyclic) bond motifs is 1. The lowest BCUT2D eigenvalue weighted by atomic mass is 9.78. The highest BCUT2D eigenvalue weighted by atomic mass is 16.5. The van der Waals surface area contributed by atoms with Crippen molar-refractivity contribution < 1.29 is 4.74 Å². The SMILES string of the molecule is CC(C)NCC1(c2ccc3c(c2)ncn3C)COC1. The van der Waals surface area contributed by atoms with Gasteiger partial charge in [0.2, 0.25) is 0 Å². The second-order valence-corrected chi connectivity index (χ2v) is 5.87. The second-order valence-electron chi connectivity index (χ2n) is 5.87. The molecule has 1 aromatic heterocycles. The maximum atomic E-state index is 5.48. The van der Waals surface area contributed by atoms with Gasteiger partial charge in [-0.3, -0.25) is 0 Å². The molecule has 4 nitrogen and oxygen atoms in total. The molecule has 0 radical (unpaired) electrons. The Kier molecular flexibility index (Phi) is 3.07. The maximum Gasteiger partial charge on any atom is 0.0955 e. The number of aryl methyl sites for hydroxylation is 1. The first kappa shape index (κ1) is 12.6. The fourth-order valence-corrected chi connectivity index (χ4v) is 2.58. The molecule has 1 aliphatic heterocycles. The lowest BCUT2D eigenvalue weighted by Crippen LogP contribution is -2.54. The van der Waals surface area contributed by atoms with Gasteiger partial charge in [0.15, 0.2) is 0 Å². The van der Waals surface area contributed by atoms with E-state index in [1.807, 2.05) is 13.4 Å². The zero-order valence-corrected chi connectivity index (χ0v) is 11.8. The summed E-state index contributed by atoms with van der Waals surface area (Å²) in [4.78, 5) is 4.45. The average molecular weight is 259 g/mol. The van der Waals surface area contributed by atoms with Gasteiger partial charge in [0.1, 0.15) is 0 Å². The number of benzene rings is 1. The fraction of sp³-hybridized carbons (Fsp3) is 0.533. The molecule has 1 N–H and O–H groups in total. The van der Waals surface area contributed by atoms with Crippen molar-refractivity contribution in [1.82, 2.24) is 14.9 Å². The standard InChI is InChI=1S/C15H21N3O/c1-11(2)16-7-15(8-19-9-15)12-4-5-14-13(6-12)17-10-18(14)3/h4-6,10-11,16H,7-9H2,1-3H3. The maximum absolute atomic E-state index is 5.48. The van der Waals surface area contributed by atoms with Gasteiger partial charge in [-0.1, -0.05) is 19.9 Å². The molecule has 0 amide bonds. The van der Waals surface area contributed by atoms with Crippen molar-refractivity contribution in [3.05, 3.63) is 30.1 Å². The molecular formula is C15H21N3O. The van der Waals surface area contributed by atoms with Crippen LogP contribution >= 0.6 is 0 Å². The quantitative estimate of drug-likeness (QED) is 0.910. The third kappa shape index (κ3) is 2.15. The number of nitrogens with one attached hydrogen (secondary N) is 1. The monoisotopic (exact) mass is 259 g/mol. The lowest BCUT2D eigenvalue weighted by Gasteiger charge is -2.42. The molecule has 1 aliphatic rings. The molecule has 0 bridgehead atoms. The van der Waals surface area contributed by atoms with Gasteiger partial charge in [-0.2, -0.15) is 0 Å². The summed E-state index contributed by atoms with van der Waals surface area (Å²) in [6, 6.07) is 7.08. The van der Waals surface area contributed by atoms with E-state index in [9.17, 15) is 0 Å². The topological polar surface area (TPSA) is 39.1 Å². The van der Waals surface area contributed by atoms with Crippen LogP contribution in [0.25, 0.3) is 11.0 Å². The van der Waals surface area contributed by atoms with Crippen LogP contribution in [0.4, 0.5) is 0 Å². The van der Waals surface area contributed by atoms with Gasteiger partial charge in [0.05, 0.1) is 36.0 Å². The van der Waals surface area contributed by atoms with E-state index < -0.39 is 0 Å². The molecule has 0 spiro atoms. The van der Waals surface area contributed by atoms with Crippen LogP contribution in [-0.4, -0.2) is 35.4 Å². The minimum atomic E-state index is 0.121. The molecule has 3 rings (SSSR count). The van der Waals surface area contributed by atoms with Crippen LogP contribution in [-0.2, 0) is 17.2 Å². The van der Waals surface area contributed by atoms with Gasteiger partial charge in [-0.25, -0.2) is 4.98 Å². The van der Waals surface area contributed by atoms with Crippen molar-refractivity contribution in [1.29, 1.82) is 0 Å². The Labute approximate surface area is 113 Å². The molecule has 19 heavy (non-hydrogen) atoms. The highest BCUT2D eigenvalue weighted by Crippen LogP contribution is 2.33. The van der Waals surface area contributed by atoms with E-state index in [0.29, 0.717) is 6.04 Å². The van der Waals surface area contributed by atoms with E-state index in [1.54, 1.807) is 0 Å². The van der Waals surface area contributed by atoms with E-state index >= 15 is 0 Å². The van der Waals surface area contributed by atoms with E-state index in [-0.39, 0.29) is 5.41 Å². The van der Waals surface area contributed by atoms with Gasteiger partial charge in [-0.05, 0) is 17.7 Å². The average Bonchev–Trinajstić information content (AvgIpc) is 2.69. The van der Waals surface area contributed by atoms with Gasteiger partial charge < -0.3 is 14.6 Å². The van der Waals surface area contributed by atoms with Crippen molar-refractivity contribution in [2.24, 2.45) is 7.05 Å². The number of hydrogen-bond acceptors (Lipinski definition) is 3. The second kappa shape index (κ2) is 4.62. The molecular weight excluding hydrogens is 238 g/mol. The number of rotatable bonds is 4. The van der Waals surface area contributed by atoms with Crippen LogP contribution in [0.5, 0.6) is 0 Å². The summed E-state index contributed by atoms with van der Waals surface area (Å²) in [7, 11) is 2.03. The summed E-state index contributed by atoms with van der Waals surface area (Å²) >= 11 is 0. The number of hydrogen-bond donors (Lipinski definition) is 1. The van der Waals surface area contributed by atoms with Gasteiger partial charge in [0.25, 0.3) is 0 Å². The molecule has 0 aliphatic carbocycles. The number of ether oxygens (including phenoxy) is 1. The van der Waals surface area contributed by atoms with Crippen LogP contribution in [0.15, 0.2) is 24.5 Å². The van der Waals surface area contributed by atoms with E-state index in [1.165, 1.54) is 11.1 Å². The van der Waals surface area contributed by atoms with E-state index in [4.69, 9.17) is 4.74 Å². The summed E-state index contributed by atoms with van der Waals surface area (Å²) in [6.45, 7) is 6.91. The van der Waals surface area contributed by atoms with Gasteiger partial charge >= 0.3 is 0 Å². The Morgan fingerprint density at radius 1 is 1.42 bits per heavy atom. The zero-order chi connectivity index (χ0) is 13.5. The van der Waals surface area contributed by atoms with Crippen LogP contribution < -0.4 is 5.32 Å². The minimum absolute atomic E-state index is 0.121. The molecule has 2 heterocycles. The van der Waals surface area contributed by atoms with Crippen molar-refractivity contribution in [2.75, 3.05) is 19.8 Å². The molecule has 0 unspecified atom stereocenters. The third-order valence-electron chi connectivity index (χ3n) is 3.94. The molecule has 1 fully saturated rings. The minimum Gasteiger partial charge on any atom is -0.379 e. The van der Waals surface area contributed by atoms with Crippen LogP contribution in [0.1, 0.15) is 19.4 Å². The first-order valence-electron chi connectivity index (χ1n) is 6.83. The summed E-state index contributed by atoms with van der Waals surface area (Å²) in [6.07, 6.45) is 1.87. The van der Waals surface area contributed by atoms with Gasteiger partial charge in [-0.15, -0.1) is 0 Å². The third-order valence-corrected chi connectivity index (χ3v) is 3.94. The molecule has 0 atom stereocenters. The van der Waals surface area contributed by atoms with Crippen molar-refractivity contribution >= 4 is 11.0 Å². The Balaban J connectivity index is 1.92. The summed E-state index contributed by atoms with van der Waals surface area (Å²) in [5, 5.41) is 3.53.